The highest BCUT2D eigenvalue weighted by Gasteiger charge is 2.82. The second-order valence-electron chi connectivity index (χ2n) is 8.14. The molecule has 24 heavy (non-hydrogen) atoms. The Kier molecular flexibility index (Phi) is 3.28. The number of hydrogen-bond donors (Lipinski definition) is 0. The van der Waals surface area contributed by atoms with Crippen LogP contribution in [0.1, 0.15) is 38.5 Å². The van der Waals surface area contributed by atoms with E-state index < -0.39 is 29.5 Å². The Hall–Kier alpha value is -0.720. The average molecular weight is 354 g/mol. The minimum absolute atomic E-state index is 0.192. The summed E-state index contributed by atoms with van der Waals surface area (Å²) in [5.74, 6) is -1.29. The van der Waals surface area contributed by atoms with E-state index in [9.17, 15) is 26.3 Å². The van der Waals surface area contributed by atoms with Crippen molar-refractivity contribution < 1.29 is 31.1 Å². The number of alkyl halides is 6. The summed E-state index contributed by atoms with van der Waals surface area (Å²) in [5, 5.41) is 0. The first-order valence-corrected chi connectivity index (χ1v) is 8.49. The van der Waals surface area contributed by atoms with Crippen LogP contribution in [0.4, 0.5) is 26.3 Å². The van der Waals surface area contributed by atoms with Gasteiger partial charge in [0.15, 0.2) is 0 Å². The van der Waals surface area contributed by atoms with E-state index in [4.69, 9.17) is 4.74 Å². The lowest BCUT2D eigenvalue weighted by molar-refractivity contribution is -0.402. The first-order valence-electron chi connectivity index (χ1n) is 8.49. The Balaban J connectivity index is 1.80. The normalized spacial score (nSPS) is 46.7. The molecule has 136 valence electrons. The fraction of sp³-hybridized carbons (Fsp3) is 0.882. The van der Waals surface area contributed by atoms with Crippen molar-refractivity contribution in [1.29, 1.82) is 0 Å². The monoisotopic (exact) mass is 354 g/mol. The molecule has 1 heterocycles. The molecular formula is C17H20F6O. The van der Waals surface area contributed by atoms with E-state index >= 15 is 0 Å². The van der Waals surface area contributed by atoms with Gasteiger partial charge in [-0.3, -0.25) is 0 Å². The highest BCUT2D eigenvalue weighted by atomic mass is 19.4. The van der Waals surface area contributed by atoms with E-state index in [1.165, 1.54) is 0 Å². The van der Waals surface area contributed by atoms with Gasteiger partial charge in [0.2, 0.25) is 0 Å². The molecule has 4 saturated carbocycles. The summed E-state index contributed by atoms with van der Waals surface area (Å²) in [6.07, 6.45) is -6.58. The van der Waals surface area contributed by atoms with Gasteiger partial charge in [0.05, 0.1) is 5.60 Å². The lowest BCUT2D eigenvalue weighted by atomic mass is 9.49. The lowest BCUT2D eigenvalue weighted by Crippen LogP contribution is -2.64. The maximum absolute atomic E-state index is 13.7. The third kappa shape index (κ3) is 1.88. The number of halogens is 6. The molecule has 1 aliphatic heterocycles. The van der Waals surface area contributed by atoms with E-state index in [1.807, 2.05) is 0 Å². The van der Waals surface area contributed by atoms with Crippen LogP contribution in [-0.2, 0) is 4.74 Å². The Morgan fingerprint density at radius 3 is 1.62 bits per heavy atom. The molecule has 0 aromatic heterocycles. The molecule has 1 spiro atoms. The summed E-state index contributed by atoms with van der Waals surface area (Å²) in [6.45, 7) is 3.28. The van der Waals surface area contributed by atoms with Crippen LogP contribution in [0.15, 0.2) is 12.7 Å². The highest BCUT2D eigenvalue weighted by Crippen LogP contribution is 2.69. The van der Waals surface area contributed by atoms with Crippen molar-refractivity contribution in [2.24, 2.45) is 29.6 Å². The van der Waals surface area contributed by atoms with Crippen molar-refractivity contribution in [3.05, 3.63) is 12.7 Å². The predicted molar refractivity (Wildman–Crippen MR) is 74.0 cm³/mol. The predicted octanol–water partition coefficient (Wildman–Crippen LogP) is 5.27. The van der Waals surface area contributed by atoms with Gasteiger partial charge in [-0.15, -0.1) is 6.58 Å². The third-order valence-corrected chi connectivity index (χ3v) is 7.06. The van der Waals surface area contributed by atoms with Crippen LogP contribution < -0.4 is 0 Å². The smallest absolute Gasteiger partial charge is 0.350 e. The Morgan fingerprint density at radius 1 is 0.833 bits per heavy atom. The van der Waals surface area contributed by atoms with E-state index in [-0.39, 0.29) is 18.3 Å². The fourth-order valence-corrected chi connectivity index (χ4v) is 6.33. The molecule has 1 unspecified atom stereocenters. The van der Waals surface area contributed by atoms with Gasteiger partial charge in [-0.05, 0) is 62.2 Å². The Labute approximate surface area is 136 Å². The second kappa shape index (κ2) is 4.71. The van der Waals surface area contributed by atoms with Gasteiger partial charge in [0, 0.05) is 5.92 Å². The van der Waals surface area contributed by atoms with E-state index in [0.29, 0.717) is 37.5 Å². The lowest BCUT2D eigenvalue weighted by Gasteiger charge is -2.60. The van der Waals surface area contributed by atoms with Crippen LogP contribution in [0.3, 0.4) is 0 Å². The van der Waals surface area contributed by atoms with Crippen molar-refractivity contribution in [2.75, 3.05) is 0 Å². The summed E-state index contributed by atoms with van der Waals surface area (Å²) in [5.41, 5.74) is -5.41. The molecule has 1 nitrogen and oxygen atoms in total. The maximum Gasteiger partial charge on any atom is 0.427 e. The quantitative estimate of drug-likeness (QED) is 0.461. The molecule has 4 aliphatic carbocycles. The van der Waals surface area contributed by atoms with Gasteiger partial charge in [-0.25, -0.2) is 0 Å². The Bertz CT molecular complexity index is 506. The van der Waals surface area contributed by atoms with Crippen LogP contribution in [0.2, 0.25) is 0 Å². The number of rotatable bonds is 1. The molecule has 0 aromatic rings. The number of hydrogen-bond acceptors (Lipinski definition) is 1. The van der Waals surface area contributed by atoms with Crippen LogP contribution in [0.25, 0.3) is 0 Å². The molecule has 4 bridgehead atoms. The van der Waals surface area contributed by atoms with Gasteiger partial charge >= 0.3 is 12.4 Å². The highest BCUT2D eigenvalue weighted by molar-refractivity contribution is 5.20. The van der Waals surface area contributed by atoms with Crippen LogP contribution >= 0.6 is 0 Å². The molecule has 5 fully saturated rings. The first kappa shape index (κ1) is 16.7. The van der Waals surface area contributed by atoms with E-state index in [1.54, 1.807) is 0 Å². The van der Waals surface area contributed by atoms with Crippen molar-refractivity contribution in [3.8, 4) is 0 Å². The van der Waals surface area contributed by atoms with Crippen molar-refractivity contribution in [2.45, 2.75) is 62.1 Å². The molecule has 5 aliphatic rings. The zero-order valence-electron chi connectivity index (χ0n) is 13.1. The fourth-order valence-electron chi connectivity index (χ4n) is 6.33. The van der Waals surface area contributed by atoms with Gasteiger partial charge in [0.25, 0.3) is 5.60 Å². The molecular weight excluding hydrogens is 334 g/mol. The minimum atomic E-state index is -5.51. The summed E-state index contributed by atoms with van der Waals surface area (Å²) in [4.78, 5) is 0. The van der Waals surface area contributed by atoms with Gasteiger partial charge in [-0.2, -0.15) is 26.3 Å². The van der Waals surface area contributed by atoms with E-state index in [2.05, 4.69) is 6.58 Å². The van der Waals surface area contributed by atoms with Crippen LogP contribution in [0, 0.1) is 29.6 Å². The maximum atomic E-state index is 13.7. The van der Waals surface area contributed by atoms with Crippen molar-refractivity contribution in [1.82, 2.24) is 0 Å². The molecule has 1 saturated heterocycles. The zero-order valence-corrected chi connectivity index (χ0v) is 13.1. The topological polar surface area (TPSA) is 9.23 Å². The van der Waals surface area contributed by atoms with Crippen LogP contribution in [-0.4, -0.2) is 23.6 Å². The molecule has 0 aromatic carbocycles. The number of ether oxygens (including phenoxy) is 1. The first-order chi connectivity index (χ1) is 11.0. The van der Waals surface area contributed by atoms with Gasteiger partial charge < -0.3 is 4.74 Å². The molecule has 0 radical (unpaired) electrons. The van der Waals surface area contributed by atoms with Gasteiger partial charge in [0.1, 0.15) is 0 Å². The standard InChI is InChI=1S/C17H20F6O/c1-2-11-8-14(24-15(11,16(18,19)20)17(21,22)23)12-4-9-3-10(6-12)7-13(14)5-9/h2,9-13H,1,3-8H2. The molecule has 7 heteroatoms. The molecule has 1 atom stereocenters. The molecule has 5 rings (SSSR count). The SMILES string of the molecule is C=CC1CC2(OC1(C(F)(F)F)C(F)(F)F)C1CC3CC(C1)CC2C3. The summed E-state index contributed by atoms with van der Waals surface area (Å²) < 4.78 is 87.2. The summed E-state index contributed by atoms with van der Waals surface area (Å²) in [6, 6.07) is 0. The minimum Gasteiger partial charge on any atom is -0.350 e. The van der Waals surface area contributed by atoms with Crippen molar-refractivity contribution in [3.63, 3.8) is 0 Å². The third-order valence-electron chi connectivity index (χ3n) is 7.06. The molecule has 0 N–H and O–H groups in total. The molecule has 0 amide bonds. The summed E-state index contributed by atoms with van der Waals surface area (Å²) >= 11 is 0. The van der Waals surface area contributed by atoms with Gasteiger partial charge in [-0.1, -0.05) is 6.08 Å². The average Bonchev–Trinajstić information content (AvgIpc) is 2.81. The zero-order chi connectivity index (χ0) is 17.5. The van der Waals surface area contributed by atoms with Crippen molar-refractivity contribution >= 4 is 0 Å². The van der Waals surface area contributed by atoms with Crippen LogP contribution in [0.5, 0.6) is 0 Å². The Morgan fingerprint density at radius 2 is 1.29 bits per heavy atom. The largest absolute Gasteiger partial charge is 0.427 e. The van der Waals surface area contributed by atoms with E-state index in [0.717, 1.165) is 12.5 Å². The summed E-state index contributed by atoms with van der Waals surface area (Å²) in [7, 11) is 0. The second-order valence-corrected chi connectivity index (χ2v) is 8.14.